The van der Waals surface area contributed by atoms with Gasteiger partial charge in [0, 0.05) is 10.7 Å². The van der Waals surface area contributed by atoms with Crippen LogP contribution in [-0.4, -0.2) is 23.4 Å². The van der Waals surface area contributed by atoms with Gasteiger partial charge in [0.05, 0.1) is 5.69 Å². The normalized spacial score (nSPS) is 12.3. The highest BCUT2D eigenvalue weighted by atomic mass is 79.9. The van der Waals surface area contributed by atoms with E-state index in [4.69, 9.17) is 9.84 Å². The van der Waals surface area contributed by atoms with Gasteiger partial charge in [0.1, 0.15) is 5.75 Å². The molecule has 0 aliphatic carbocycles. The van der Waals surface area contributed by atoms with Crippen molar-refractivity contribution in [2.24, 2.45) is 4.99 Å². The molecule has 2 aromatic rings. The van der Waals surface area contributed by atoms with Crippen LogP contribution in [0.2, 0.25) is 0 Å². The van der Waals surface area contributed by atoms with E-state index in [1.807, 2.05) is 37.3 Å². The second-order valence-corrected chi connectivity index (χ2v) is 5.71. The van der Waals surface area contributed by atoms with Crippen LogP contribution in [0.1, 0.15) is 18.1 Å². The highest BCUT2D eigenvalue weighted by molar-refractivity contribution is 9.10. The summed E-state index contributed by atoms with van der Waals surface area (Å²) in [6.45, 7) is 3.51. The molecule has 0 spiro atoms. The van der Waals surface area contributed by atoms with Gasteiger partial charge in [0.25, 0.3) is 0 Å². The minimum absolute atomic E-state index is 0.520. The number of carboxylic acids is 1. The molecular weight excluding hydrogens is 346 g/mol. The monoisotopic (exact) mass is 361 g/mol. The molecule has 4 nitrogen and oxygen atoms in total. The molecule has 0 aliphatic heterocycles. The Morgan fingerprint density at radius 1 is 1.27 bits per heavy atom. The lowest BCUT2D eigenvalue weighted by Crippen LogP contribution is -2.22. The Morgan fingerprint density at radius 3 is 2.55 bits per heavy atom. The molecule has 0 bridgehead atoms. The van der Waals surface area contributed by atoms with Crippen molar-refractivity contribution in [3.05, 3.63) is 58.1 Å². The summed E-state index contributed by atoms with van der Waals surface area (Å²) in [4.78, 5) is 15.1. The number of carboxylic acid groups (broad SMARTS) is 1. The Kier molecular flexibility index (Phi) is 5.33. The Balaban J connectivity index is 2.05. The van der Waals surface area contributed by atoms with Crippen LogP contribution in [-0.2, 0) is 4.79 Å². The topological polar surface area (TPSA) is 58.9 Å². The number of rotatable bonds is 5. The van der Waals surface area contributed by atoms with E-state index in [1.165, 1.54) is 6.92 Å². The van der Waals surface area contributed by atoms with Crippen LogP contribution in [0.3, 0.4) is 0 Å². The molecule has 1 atom stereocenters. The minimum atomic E-state index is -0.990. The second-order valence-electron chi connectivity index (χ2n) is 4.86. The molecule has 0 heterocycles. The van der Waals surface area contributed by atoms with Crippen molar-refractivity contribution in [3.63, 3.8) is 0 Å². The molecule has 0 amide bonds. The third-order valence-corrected chi connectivity index (χ3v) is 3.93. The number of nitrogens with zero attached hydrogens (tertiary/aromatic N) is 1. The lowest BCUT2D eigenvalue weighted by atomic mass is 10.2. The SMILES string of the molecule is Cc1cc(N=Cc2ccc(O[C@H](C)C(=O)O)cc2)ccc1Br. The van der Waals surface area contributed by atoms with Crippen molar-refractivity contribution in [1.29, 1.82) is 0 Å². The van der Waals surface area contributed by atoms with Crippen LogP contribution in [0, 0.1) is 6.92 Å². The van der Waals surface area contributed by atoms with Gasteiger partial charge in [-0.25, -0.2) is 4.79 Å². The van der Waals surface area contributed by atoms with E-state index in [0.29, 0.717) is 5.75 Å². The van der Waals surface area contributed by atoms with Gasteiger partial charge in [-0.15, -0.1) is 0 Å². The number of aryl methyl sites for hydroxylation is 1. The smallest absolute Gasteiger partial charge is 0.344 e. The number of ether oxygens (including phenoxy) is 1. The van der Waals surface area contributed by atoms with E-state index >= 15 is 0 Å². The molecule has 0 fully saturated rings. The summed E-state index contributed by atoms with van der Waals surface area (Å²) in [5.74, 6) is -0.470. The lowest BCUT2D eigenvalue weighted by Gasteiger charge is -2.09. The van der Waals surface area contributed by atoms with Gasteiger partial charge in [0.15, 0.2) is 6.10 Å². The van der Waals surface area contributed by atoms with Gasteiger partial charge >= 0.3 is 5.97 Å². The molecule has 0 aliphatic rings. The number of carbonyl (C=O) groups is 1. The summed E-state index contributed by atoms with van der Waals surface area (Å²) >= 11 is 3.46. The third-order valence-electron chi connectivity index (χ3n) is 3.04. The average molecular weight is 362 g/mol. The number of hydrogen-bond donors (Lipinski definition) is 1. The highest BCUT2D eigenvalue weighted by Crippen LogP contribution is 2.22. The molecule has 0 radical (unpaired) electrons. The summed E-state index contributed by atoms with van der Waals surface area (Å²) in [7, 11) is 0. The van der Waals surface area contributed by atoms with E-state index in [1.54, 1.807) is 18.3 Å². The first-order chi connectivity index (χ1) is 10.5. The van der Waals surface area contributed by atoms with E-state index in [-0.39, 0.29) is 0 Å². The molecule has 22 heavy (non-hydrogen) atoms. The van der Waals surface area contributed by atoms with Crippen LogP contribution in [0.4, 0.5) is 5.69 Å². The first-order valence-corrected chi connectivity index (χ1v) is 7.55. The van der Waals surface area contributed by atoms with Gasteiger partial charge < -0.3 is 9.84 Å². The zero-order valence-electron chi connectivity index (χ0n) is 12.3. The summed E-state index contributed by atoms with van der Waals surface area (Å²) in [5.41, 5.74) is 2.91. The molecule has 114 valence electrons. The molecule has 5 heteroatoms. The zero-order chi connectivity index (χ0) is 16.1. The predicted molar refractivity (Wildman–Crippen MR) is 90.3 cm³/mol. The number of aliphatic imine (C=N–C) groups is 1. The van der Waals surface area contributed by atoms with Crippen LogP contribution in [0.15, 0.2) is 51.9 Å². The van der Waals surface area contributed by atoms with Crippen LogP contribution in [0.5, 0.6) is 5.75 Å². The van der Waals surface area contributed by atoms with E-state index in [0.717, 1.165) is 21.3 Å². The maximum absolute atomic E-state index is 10.7. The Morgan fingerprint density at radius 2 is 1.95 bits per heavy atom. The minimum Gasteiger partial charge on any atom is -0.479 e. The van der Waals surface area contributed by atoms with Gasteiger partial charge in [0.2, 0.25) is 0 Å². The van der Waals surface area contributed by atoms with E-state index in [9.17, 15) is 4.79 Å². The third kappa shape index (κ3) is 4.43. The lowest BCUT2D eigenvalue weighted by molar-refractivity contribution is -0.144. The number of hydrogen-bond acceptors (Lipinski definition) is 3. The first kappa shape index (κ1) is 16.2. The molecule has 0 saturated carbocycles. The van der Waals surface area contributed by atoms with E-state index < -0.39 is 12.1 Å². The van der Waals surface area contributed by atoms with Crippen LogP contribution in [0.25, 0.3) is 0 Å². The van der Waals surface area contributed by atoms with E-state index in [2.05, 4.69) is 20.9 Å². The fourth-order valence-electron chi connectivity index (χ4n) is 1.75. The Labute approximate surface area is 137 Å². The van der Waals surface area contributed by atoms with Crippen molar-refractivity contribution in [2.45, 2.75) is 20.0 Å². The van der Waals surface area contributed by atoms with Crippen molar-refractivity contribution in [2.75, 3.05) is 0 Å². The van der Waals surface area contributed by atoms with Gasteiger partial charge in [-0.05, 0) is 67.4 Å². The summed E-state index contributed by atoms with van der Waals surface area (Å²) < 4.78 is 6.33. The standard InChI is InChI=1S/C17H16BrNO3/c1-11-9-14(5-8-16(11)18)19-10-13-3-6-15(7-4-13)22-12(2)17(20)21/h3-10,12H,1-2H3,(H,20,21)/t12-/m1/s1. The first-order valence-electron chi connectivity index (χ1n) is 6.75. The zero-order valence-corrected chi connectivity index (χ0v) is 13.9. The molecule has 0 unspecified atom stereocenters. The fourth-order valence-corrected chi connectivity index (χ4v) is 1.99. The number of halogens is 1. The Hall–Kier alpha value is -2.14. The molecule has 0 aromatic heterocycles. The summed E-state index contributed by atoms with van der Waals surface area (Å²) in [6, 6.07) is 13.0. The van der Waals surface area contributed by atoms with Gasteiger partial charge in [-0.1, -0.05) is 15.9 Å². The average Bonchev–Trinajstić information content (AvgIpc) is 2.49. The molecular formula is C17H16BrNO3. The van der Waals surface area contributed by atoms with Crippen LogP contribution >= 0.6 is 15.9 Å². The van der Waals surface area contributed by atoms with Crippen molar-refractivity contribution >= 4 is 33.8 Å². The largest absolute Gasteiger partial charge is 0.479 e. The predicted octanol–water partition coefficient (Wildman–Crippen LogP) is 4.36. The highest BCUT2D eigenvalue weighted by Gasteiger charge is 2.11. The quantitative estimate of drug-likeness (QED) is 0.804. The molecule has 1 N–H and O–H groups in total. The van der Waals surface area contributed by atoms with Crippen molar-refractivity contribution < 1.29 is 14.6 Å². The van der Waals surface area contributed by atoms with Crippen LogP contribution < -0.4 is 4.74 Å². The summed E-state index contributed by atoms with van der Waals surface area (Å²) in [5, 5.41) is 8.80. The molecule has 2 rings (SSSR count). The van der Waals surface area contributed by atoms with Crippen molar-refractivity contribution in [1.82, 2.24) is 0 Å². The molecule has 0 saturated heterocycles. The number of benzene rings is 2. The van der Waals surface area contributed by atoms with Gasteiger partial charge in [-0.3, -0.25) is 4.99 Å². The maximum Gasteiger partial charge on any atom is 0.344 e. The second kappa shape index (κ2) is 7.22. The number of aliphatic carboxylic acids is 1. The Bertz CT molecular complexity index is 696. The van der Waals surface area contributed by atoms with Gasteiger partial charge in [-0.2, -0.15) is 0 Å². The van der Waals surface area contributed by atoms with Crippen molar-refractivity contribution in [3.8, 4) is 5.75 Å². The fraction of sp³-hybridized carbons (Fsp3) is 0.176. The molecule has 2 aromatic carbocycles. The summed E-state index contributed by atoms with van der Waals surface area (Å²) in [6.07, 6.45) is 0.887. The maximum atomic E-state index is 10.7.